The highest BCUT2D eigenvalue weighted by Crippen LogP contribution is 2.04. The topological polar surface area (TPSA) is 41.6 Å². The van der Waals surface area contributed by atoms with Gasteiger partial charge in [0.05, 0.1) is 12.7 Å². The molecule has 1 fully saturated rings. The molecule has 1 saturated heterocycles. The Morgan fingerprint density at radius 2 is 2.46 bits per heavy atom. The SMILES string of the molecule is CCOCCCN1C(=O)CNC1C. The van der Waals surface area contributed by atoms with Crippen LogP contribution in [-0.4, -0.2) is 43.3 Å². The van der Waals surface area contributed by atoms with E-state index in [1.54, 1.807) is 0 Å². The normalized spacial score (nSPS) is 22.8. The molecule has 1 unspecified atom stereocenters. The predicted octanol–water partition coefficient (Wildman–Crippen LogP) is 0.191. The number of nitrogens with zero attached hydrogens (tertiary/aromatic N) is 1. The van der Waals surface area contributed by atoms with Gasteiger partial charge in [-0.25, -0.2) is 0 Å². The van der Waals surface area contributed by atoms with Crippen LogP contribution in [0.5, 0.6) is 0 Å². The van der Waals surface area contributed by atoms with Crippen molar-refractivity contribution in [2.75, 3.05) is 26.3 Å². The van der Waals surface area contributed by atoms with E-state index in [-0.39, 0.29) is 12.1 Å². The molecule has 0 aromatic carbocycles. The Morgan fingerprint density at radius 1 is 1.69 bits per heavy atom. The van der Waals surface area contributed by atoms with Gasteiger partial charge in [-0.2, -0.15) is 0 Å². The average Bonchev–Trinajstić information content (AvgIpc) is 2.42. The van der Waals surface area contributed by atoms with Crippen LogP contribution in [0.1, 0.15) is 20.3 Å². The van der Waals surface area contributed by atoms with Crippen LogP contribution in [0.3, 0.4) is 0 Å². The van der Waals surface area contributed by atoms with Crippen molar-refractivity contribution in [1.29, 1.82) is 0 Å². The molecule has 0 radical (unpaired) electrons. The fraction of sp³-hybridized carbons (Fsp3) is 0.889. The quantitative estimate of drug-likeness (QED) is 0.623. The van der Waals surface area contributed by atoms with Crippen molar-refractivity contribution in [3.05, 3.63) is 0 Å². The number of carbonyl (C=O) groups excluding carboxylic acids is 1. The first kappa shape index (κ1) is 10.5. The monoisotopic (exact) mass is 186 g/mol. The van der Waals surface area contributed by atoms with Gasteiger partial charge in [0.1, 0.15) is 0 Å². The predicted molar refractivity (Wildman–Crippen MR) is 50.3 cm³/mol. The van der Waals surface area contributed by atoms with E-state index in [1.807, 2.05) is 18.7 Å². The Labute approximate surface area is 79.2 Å². The molecule has 1 heterocycles. The van der Waals surface area contributed by atoms with Gasteiger partial charge in [-0.15, -0.1) is 0 Å². The van der Waals surface area contributed by atoms with E-state index < -0.39 is 0 Å². The van der Waals surface area contributed by atoms with E-state index in [9.17, 15) is 4.79 Å². The lowest BCUT2D eigenvalue weighted by Gasteiger charge is -2.20. The molecule has 1 atom stereocenters. The Morgan fingerprint density at radius 3 is 3.00 bits per heavy atom. The van der Waals surface area contributed by atoms with E-state index in [0.29, 0.717) is 6.54 Å². The molecule has 1 aliphatic heterocycles. The third kappa shape index (κ3) is 2.97. The number of carbonyl (C=O) groups is 1. The molecule has 1 rings (SSSR count). The van der Waals surface area contributed by atoms with Gasteiger partial charge in [0.2, 0.25) is 5.91 Å². The molecule has 0 saturated carbocycles. The molecule has 1 N–H and O–H groups in total. The van der Waals surface area contributed by atoms with Crippen molar-refractivity contribution in [2.24, 2.45) is 0 Å². The molecule has 0 aliphatic carbocycles. The van der Waals surface area contributed by atoms with Crippen LogP contribution in [0.25, 0.3) is 0 Å². The second-order valence-corrected chi connectivity index (χ2v) is 3.19. The third-order valence-corrected chi connectivity index (χ3v) is 2.23. The van der Waals surface area contributed by atoms with Crippen molar-refractivity contribution >= 4 is 5.91 Å². The second-order valence-electron chi connectivity index (χ2n) is 3.19. The summed E-state index contributed by atoms with van der Waals surface area (Å²) in [6.07, 6.45) is 1.11. The molecular formula is C9H18N2O2. The zero-order valence-corrected chi connectivity index (χ0v) is 8.38. The maximum absolute atomic E-state index is 11.3. The number of amides is 1. The summed E-state index contributed by atoms with van der Waals surface area (Å²) >= 11 is 0. The largest absolute Gasteiger partial charge is 0.382 e. The number of rotatable bonds is 5. The number of hydrogen-bond donors (Lipinski definition) is 1. The highest BCUT2D eigenvalue weighted by molar-refractivity contribution is 5.80. The summed E-state index contributed by atoms with van der Waals surface area (Å²) in [5, 5.41) is 3.10. The van der Waals surface area contributed by atoms with Crippen LogP contribution in [-0.2, 0) is 9.53 Å². The van der Waals surface area contributed by atoms with E-state index in [2.05, 4.69) is 5.32 Å². The lowest BCUT2D eigenvalue weighted by molar-refractivity contribution is -0.127. The number of nitrogens with one attached hydrogen (secondary N) is 1. The summed E-state index contributed by atoms with van der Waals surface area (Å²) in [5.74, 6) is 0.198. The van der Waals surface area contributed by atoms with Crippen LogP contribution in [0.15, 0.2) is 0 Å². The molecule has 0 aromatic rings. The smallest absolute Gasteiger partial charge is 0.237 e. The lowest BCUT2D eigenvalue weighted by atomic mass is 10.4. The molecule has 4 nitrogen and oxygen atoms in total. The zero-order chi connectivity index (χ0) is 9.68. The van der Waals surface area contributed by atoms with Crippen LogP contribution in [0.2, 0.25) is 0 Å². The Balaban J connectivity index is 2.16. The van der Waals surface area contributed by atoms with Crippen molar-refractivity contribution in [2.45, 2.75) is 26.4 Å². The first-order valence-corrected chi connectivity index (χ1v) is 4.86. The van der Waals surface area contributed by atoms with Gasteiger partial charge in [-0.3, -0.25) is 10.1 Å². The summed E-state index contributed by atoms with van der Waals surface area (Å²) in [5.41, 5.74) is 0. The minimum Gasteiger partial charge on any atom is -0.382 e. The molecule has 76 valence electrons. The molecule has 0 spiro atoms. The highest BCUT2D eigenvalue weighted by Gasteiger charge is 2.25. The summed E-state index contributed by atoms with van der Waals surface area (Å²) in [6, 6.07) is 0. The van der Waals surface area contributed by atoms with Gasteiger partial charge in [0.15, 0.2) is 0 Å². The summed E-state index contributed by atoms with van der Waals surface area (Å²) in [7, 11) is 0. The van der Waals surface area contributed by atoms with Crippen molar-refractivity contribution in [3.8, 4) is 0 Å². The second kappa shape index (κ2) is 5.19. The first-order chi connectivity index (χ1) is 6.25. The van der Waals surface area contributed by atoms with Crippen molar-refractivity contribution in [1.82, 2.24) is 10.2 Å². The van der Waals surface area contributed by atoms with E-state index in [0.717, 1.165) is 26.2 Å². The van der Waals surface area contributed by atoms with Crippen molar-refractivity contribution in [3.63, 3.8) is 0 Å². The molecule has 1 aliphatic rings. The summed E-state index contributed by atoms with van der Waals surface area (Å²) < 4.78 is 5.21. The van der Waals surface area contributed by atoms with E-state index in [4.69, 9.17) is 4.74 Å². The van der Waals surface area contributed by atoms with Gasteiger partial charge in [-0.1, -0.05) is 0 Å². The number of hydrogen-bond acceptors (Lipinski definition) is 3. The highest BCUT2D eigenvalue weighted by atomic mass is 16.5. The minimum absolute atomic E-state index is 0.189. The standard InChI is InChI=1S/C9H18N2O2/c1-3-13-6-4-5-11-8(2)10-7-9(11)12/h8,10H,3-7H2,1-2H3. The molecule has 0 bridgehead atoms. The van der Waals surface area contributed by atoms with Gasteiger partial charge in [0.25, 0.3) is 0 Å². The maximum atomic E-state index is 11.3. The van der Waals surface area contributed by atoms with E-state index in [1.165, 1.54) is 0 Å². The molecular weight excluding hydrogens is 168 g/mol. The lowest BCUT2D eigenvalue weighted by Crippen LogP contribution is -2.35. The van der Waals surface area contributed by atoms with Gasteiger partial charge >= 0.3 is 0 Å². The molecule has 0 aromatic heterocycles. The third-order valence-electron chi connectivity index (χ3n) is 2.23. The minimum atomic E-state index is 0.189. The average molecular weight is 186 g/mol. The summed E-state index contributed by atoms with van der Waals surface area (Å²) in [4.78, 5) is 13.1. The Hall–Kier alpha value is -0.610. The van der Waals surface area contributed by atoms with Crippen molar-refractivity contribution < 1.29 is 9.53 Å². The van der Waals surface area contributed by atoms with Gasteiger partial charge in [-0.05, 0) is 20.3 Å². The Kier molecular flexibility index (Phi) is 4.18. The first-order valence-electron chi connectivity index (χ1n) is 4.86. The molecule has 13 heavy (non-hydrogen) atoms. The molecule has 4 heteroatoms. The Bertz CT molecular complexity index is 173. The number of ether oxygens (including phenoxy) is 1. The molecule has 1 amide bonds. The fourth-order valence-corrected chi connectivity index (χ4v) is 1.46. The van der Waals surface area contributed by atoms with Gasteiger partial charge in [0, 0.05) is 19.8 Å². The van der Waals surface area contributed by atoms with Gasteiger partial charge < -0.3 is 9.64 Å². The van der Waals surface area contributed by atoms with E-state index >= 15 is 0 Å². The van der Waals surface area contributed by atoms with Crippen LogP contribution in [0, 0.1) is 0 Å². The van der Waals surface area contributed by atoms with Crippen LogP contribution in [0.4, 0.5) is 0 Å². The zero-order valence-electron chi connectivity index (χ0n) is 8.38. The van der Waals surface area contributed by atoms with Crippen LogP contribution >= 0.6 is 0 Å². The summed E-state index contributed by atoms with van der Waals surface area (Å²) in [6.45, 7) is 6.76. The van der Waals surface area contributed by atoms with Crippen LogP contribution < -0.4 is 5.32 Å². The fourth-order valence-electron chi connectivity index (χ4n) is 1.46. The maximum Gasteiger partial charge on any atom is 0.237 e.